The van der Waals surface area contributed by atoms with Crippen LogP contribution < -0.4 is 0 Å². The Morgan fingerprint density at radius 3 is 2.95 bits per heavy atom. The van der Waals surface area contributed by atoms with Crippen LogP contribution in [0.3, 0.4) is 0 Å². The summed E-state index contributed by atoms with van der Waals surface area (Å²) >= 11 is 0. The van der Waals surface area contributed by atoms with Crippen molar-refractivity contribution in [2.75, 3.05) is 6.61 Å². The van der Waals surface area contributed by atoms with Crippen molar-refractivity contribution in [3.63, 3.8) is 0 Å². The van der Waals surface area contributed by atoms with Gasteiger partial charge in [0.15, 0.2) is 0 Å². The quantitative estimate of drug-likeness (QED) is 0.458. The lowest BCUT2D eigenvalue weighted by molar-refractivity contribution is -0.140. The summed E-state index contributed by atoms with van der Waals surface area (Å²) in [4.78, 5) is 11.4. The van der Waals surface area contributed by atoms with Gasteiger partial charge in [0.05, 0.1) is 13.2 Å². The van der Waals surface area contributed by atoms with Crippen molar-refractivity contribution in [1.29, 1.82) is 0 Å². The fraction of sp³-hybridized carbons (Fsp3) is 0.500. The third-order valence-corrected chi connectivity index (χ3v) is 4.48. The molecule has 1 aromatic heterocycles. The number of rotatable bonds is 6. The molecule has 0 amide bonds. The fourth-order valence-electron chi connectivity index (χ4n) is 3.00. The number of carbonyl (C=O) groups excluding carboxylic acids is 1. The number of aromatic nitrogens is 1. The Bertz CT molecular complexity index is 621. The van der Waals surface area contributed by atoms with Crippen LogP contribution in [0.25, 0.3) is 0 Å². The van der Waals surface area contributed by atoms with Gasteiger partial charge in [0.25, 0.3) is 0 Å². The zero-order valence-corrected chi connectivity index (χ0v) is 13.3. The molecule has 1 unspecified atom stereocenters. The molecule has 0 bridgehead atoms. The van der Waals surface area contributed by atoms with Crippen molar-refractivity contribution < 1.29 is 13.9 Å². The van der Waals surface area contributed by atoms with Gasteiger partial charge < -0.3 is 9.30 Å². The van der Waals surface area contributed by atoms with Crippen molar-refractivity contribution in [1.82, 2.24) is 4.57 Å². The smallest absolute Gasteiger partial charge is 0.366 e. The van der Waals surface area contributed by atoms with E-state index in [1.807, 2.05) is 23.0 Å². The molecule has 2 rings (SSSR count). The first kappa shape index (κ1) is 16.4. The van der Waals surface area contributed by atoms with Crippen LogP contribution in [-0.2, 0) is 22.5 Å². The fourth-order valence-corrected chi connectivity index (χ4v) is 3.00. The minimum atomic E-state index is -0.871. The molecule has 4 heteroatoms. The first-order valence-electron chi connectivity index (χ1n) is 7.52. The van der Waals surface area contributed by atoms with Crippen LogP contribution in [0.1, 0.15) is 26.3 Å². The molecule has 3 nitrogen and oxygen atoms in total. The molecule has 1 aromatic rings. The Morgan fingerprint density at radius 1 is 1.59 bits per heavy atom. The second-order valence-corrected chi connectivity index (χ2v) is 6.29. The third-order valence-electron chi connectivity index (χ3n) is 4.48. The normalized spacial score (nSPS) is 23.0. The number of carbonyl (C=O) groups is 1. The van der Waals surface area contributed by atoms with E-state index in [1.54, 1.807) is 6.92 Å². The molecular weight excluding hydrogens is 281 g/mol. The molecule has 0 radical (unpaired) electrons. The Labute approximate surface area is 131 Å². The molecule has 118 valence electrons. The second kappa shape index (κ2) is 6.39. The Kier molecular flexibility index (Phi) is 4.75. The minimum Gasteiger partial charge on any atom is -0.461 e. The van der Waals surface area contributed by atoms with Crippen molar-refractivity contribution in [2.45, 2.75) is 33.7 Å². The average Bonchev–Trinajstić information content (AvgIpc) is 2.80. The summed E-state index contributed by atoms with van der Waals surface area (Å²) < 4.78 is 20.4. The highest BCUT2D eigenvalue weighted by atomic mass is 19.1. The van der Waals surface area contributed by atoms with Crippen molar-refractivity contribution >= 4 is 5.97 Å². The third kappa shape index (κ3) is 3.41. The molecule has 1 aliphatic carbocycles. The summed E-state index contributed by atoms with van der Waals surface area (Å²) in [6, 6.07) is 2.04. The zero-order valence-electron chi connectivity index (χ0n) is 13.3. The summed E-state index contributed by atoms with van der Waals surface area (Å²) in [5.74, 6) is 1.30. The summed E-state index contributed by atoms with van der Waals surface area (Å²) in [5.41, 5.74) is 1.17. The van der Waals surface area contributed by atoms with Crippen LogP contribution in [0.5, 0.6) is 0 Å². The molecule has 22 heavy (non-hydrogen) atoms. The predicted octanol–water partition coefficient (Wildman–Crippen LogP) is 3.35. The number of nitrogens with zero attached hydrogens (tertiary/aromatic N) is 1. The molecule has 0 aromatic carbocycles. The lowest BCUT2D eigenvalue weighted by Crippen LogP contribution is -2.04. The summed E-state index contributed by atoms with van der Waals surface area (Å²) in [6.45, 7) is 6.58. The Balaban J connectivity index is 2.02. The SMILES string of the molecule is C#CCn1ccc(C[C@@H]2C(/C=C(\F)C(=O)OCC)C2(C)C)c1. The van der Waals surface area contributed by atoms with E-state index in [-0.39, 0.29) is 17.9 Å². The van der Waals surface area contributed by atoms with Gasteiger partial charge in [0.1, 0.15) is 0 Å². The molecule has 1 aliphatic rings. The van der Waals surface area contributed by atoms with Crippen molar-refractivity contribution in [3.8, 4) is 12.3 Å². The van der Waals surface area contributed by atoms with E-state index in [0.717, 1.165) is 6.42 Å². The van der Waals surface area contributed by atoms with Crippen LogP contribution in [0.2, 0.25) is 0 Å². The lowest BCUT2D eigenvalue weighted by atomic mass is 10.1. The number of esters is 1. The molecule has 1 heterocycles. The summed E-state index contributed by atoms with van der Waals surface area (Å²) in [7, 11) is 0. The maximum Gasteiger partial charge on any atom is 0.366 e. The molecule has 1 saturated carbocycles. The molecule has 0 spiro atoms. The zero-order chi connectivity index (χ0) is 16.3. The standard InChI is InChI=1S/C18H22FNO2/c1-5-8-20-9-7-13(12-20)10-14-15(18(14,3)4)11-16(19)17(21)22-6-2/h1,7,9,11-12,14-15H,6,8,10H2,2-4H3/b16-11-/t14-,15?/m1/s1. The van der Waals surface area contributed by atoms with E-state index in [4.69, 9.17) is 6.42 Å². The van der Waals surface area contributed by atoms with Gasteiger partial charge in [0, 0.05) is 12.4 Å². The van der Waals surface area contributed by atoms with E-state index >= 15 is 0 Å². The van der Waals surface area contributed by atoms with Gasteiger partial charge in [-0.25, -0.2) is 4.79 Å². The van der Waals surface area contributed by atoms with Gasteiger partial charge in [-0.3, -0.25) is 0 Å². The Hall–Kier alpha value is -2.02. The predicted molar refractivity (Wildman–Crippen MR) is 83.6 cm³/mol. The van der Waals surface area contributed by atoms with E-state index in [1.165, 1.54) is 11.6 Å². The van der Waals surface area contributed by atoms with Gasteiger partial charge in [-0.2, -0.15) is 4.39 Å². The highest BCUT2D eigenvalue weighted by molar-refractivity contribution is 5.86. The first-order chi connectivity index (χ1) is 10.4. The highest BCUT2D eigenvalue weighted by Gasteiger charge is 2.56. The lowest BCUT2D eigenvalue weighted by Gasteiger charge is -2.00. The van der Waals surface area contributed by atoms with Gasteiger partial charge >= 0.3 is 5.97 Å². The number of halogens is 1. The second-order valence-electron chi connectivity index (χ2n) is 6.29. The maximum absolute atomic E-state index is 13.8. The molecule has 0 saturated heterocycles. The first-order valence-corrected chi connectivity index (χ1v) is 7.52. The van der Waals surface area contributed by atoms with Gasteiger partial charge in [-0.05, 0) is 48.3 Å². The van der Waals surface area contributed by atoms with Gasteiger partial charge in [0.2, 0.25) is 5.83 Å². The Morgan fingerprint density at radius 2 is 2.32 bits per heavy atom. The van der Waals surface area contributed by atoms with E-state index < -0.39 is 11.8 Å². The molecular formula is C18H22FNO2. The monoisotopic (exact) mass is 303 g/mol. The maximum atomic E-state index is 13.8. The highest BCUT2D eigenvalue weighted by Crippen LogP contribution is 2.60. The minimum absolute atomic E-state index is 0.0158. The molecule has 2 atom stereocenters. The van der Waals surface area contributed by atoms with Gasteiger partial charge in [-0.1, -0.05) is 19.8 Å². The molecule has 0 aliphatic heterocycles. The van der Waals surface area contributed by atoms with Crippen LogP contribution in [-0.4, -0.2) is 17.1 Å². The van der Waals surface area contributed by atoms with Crippen LogP contribution in [0.15, 0.2) is 30.4 Å². The van der Waals surface area contributed by atoms with Gasteiger partial charge in [-0.15, -0.1) is 6.42 Å². The largest absolute Gasteiger partial charge is 0.461 e. The molecule has 0 N–H and O–H groups in total. The number of allylic oxidation sites excluding steroid dienone is 1. The number of hydrogen-bond acceptors (Lipinski definition) is 2. The summed E-state index contributed by atoms with van der Waals surface area (Å²) in [5, 5.41) is 0. The number of terminal acetylenes is 1. The van der Waals surface area contributed by atoms with Crippen LogP contribution >= 0.6 is 0 Å². The topological polar surface area (TPSA) is 31.2 Å². The van der Waals surface area contributed by atoms with E-state index in [0.29, 0.717) is 12.5 Å². The van der Waals surface area contributed by atoms with Crippen molar-refractivity contribution in [3.05, 3.63) is 35.9 Å². The number of ether oxygens (including phenoxy) is 1. The summed E-state index contributed by atoms with van der Waals surface area (Å²) in [6.07, 6.45) is 11.5. The number of hydrogen-bond donors (Lipinski definition) is 0. The van der Waals surface area contributed by atoms with Crippen LogP contribution in [0.4, 0.5) is 4.39 Å². The van der Waals surface area contributed by atoms with E-state index in [9.17, 15) is 9.18 Å². The van der Waals surface area contributed by atoms with E-state index in [2.05, 4.69) is 24.5 Å². The average molecular weight is 303 g/mol. The van der Waals surface area contributed by atoms with Crippen LogP contribution in [0, 0.1) is 29.6 Å². The molecule has 1 fully saturated rings. The van der Waals surface area contributed by atoms with Crippen molar-refractivity contribution in [2.24, 2.45) is 17.3 Å².